The first-order chi connectivity index (χ1) is 9.50. The van der Waals surface area contributed by atoms with Crippen molar-refractivity contribution in [2.75, 3.05) is 17.6 Å². The third-order valence-corrected chi connectivity index (χ3v) is 3.62. The number of primary amides is 2. The number of aromatic nitrogens is 2. The highest BCUT2D eigenvalue weighted by atomic mass is 32.1. The molecule has 2 aromatic heterocycles. The molecule has 0 saturated carbocycles. The van der Waals surface area contributed by atoms with Crippen LogP contribution in [0.3, 0.4) is 0 Å². The number of anilines is 2. The number of hydrogen-bond donors (Lipinski definition) is 4. The highest BCUT2D eigenvalue weighted by Crippen LogP contribution is 2.35. The minimum atomic E-state index is -0.730. The summed E-state index contributed by atoms with van der Waals surface area (Å²) in [6, 6.07) is 0. The lowest BCUT2D eigenvalue weighted by Crippen LogP contribution is -2.17. The van der Waals surface area contributed by atoms with Crippen LogP contribution >= 0.6 is 11.3 Å². The molecule has 0 aromatic carbocycles. The average Bonchev–Trinajstić information content (AvgIpc) is 2.97. The van der Waals surface area contributed by atoms with Crippen LogP contribution in [0, 0.1) is 0 Å². The Morgan fingerprint density at radius 1 is 1.35 bits per heavy atom. The smallest absolute Gasteiger partial charge is 0.260 e. The third kappa shape index (κ3) is 2.69. The molecule has 7 N–H and O–H groups in total. The molecule has 0 atom stereocenters. The minimum absolute atomic E-state index is 0.00436. The number of rotatable bonds is 6. The van der Waals surface area contributed by atoms with E-state index in [0.717, 1.165) is 11.3 Å². The number of nitrogens with zero attached hydrogens (tertiary/aromatic N) is 2. The van der Waals surface area contributed by atoms with Crippen molar-refractivity contribution in [2.45, 2.75) is 6.42 Å². The van der Waals surface area contributed by atoms with Crippen LogP contribution in [0.5, 0.6) is 0 Å². The van der Waals surface area contributed by atoms with Crippen LogP contribution in [0.15, 0.2) is 10.9 Å². The van der Waals surface area contributed by atoms with Crippen molar-refractivity contribution in [1.29, 1.82) is 0 Å². The van der Waals surface area contributed by atoms with Crippen molar-refractivity contribution < 1.29 is 14.1 Å². The summed E-state index contributed by atoms with van der Waals surface area (Å²) in [7, 11) is 0. The summed E-state index contributed by atoms with van der Waals surface area (Å²) in [4.78, 5) is 26.5. The summed E-state index contributed by atoms with van der Waals surface area (Å²) in [5.74, 6) is -0.996. The number of carbonyl (C=O) groups excluding carboxylic acids is 2. The molecule has 2 heterocycles. The Bertz CT molecular complexity index is 636. The van der Waals surface area contributed by atoms with E-state index in [0.29, 0.717) is 23.9 Å². The number of nitrogens with one attached hydrogen (secondary N) is 1. The van der Waals surface area contributed by atoms with Gasteiger partial charge in [-0.2, -0.15) is 4.98 Å². The molecule has 0 aliphatic carbocycles. The Hall–Kier alpha value is -2.62. The van der Waals surface area contributed by atoms with E-state index in [2.05, 4.69) is 15.5 Å². The Kier molecular flexibility index (Phi) is 3.84. The van der Waals surface area contributed by atoms with Gasteiger partial charge in [0.2, 0.25) is 5.89 Å². The highest BCUT2D eigenvalue weighted by Gasteiger charge is 2.22. The van der Waals surface area contributed by atoms with Crippen molar-refractivity contribution in [3.8, 4) is 0 Å². The molecule has 20 heavy (non-hydrogen) atoms. The molecule has 0 spiro atoms. The molecule has 106 valence electrons. The predicted octanol–water partition coefficient (Wildman–Crippen LogP) is -0.434. The standard InChI is InChI=1S/C10H12N6O3S/c11-6-5(8(12)17)10(20-7(6)9(13)18)14-2-1-4-15-3-16-19-4/h3,14H,1-2,11H2,(H2,12,17)(H2,13,18). The SMILES string of the molecule is NC(=O)c1sc(NCCc2ncno2)c(C(N)=O)c1N. The molecule has 0 unspecified atom stereocenters. The second-order valence-electron chi connectivity index (χ2n) is 3.79. The number of carbonyl (C=O) groups is 2. The summed E-state index contributed by atoms with van der Waals surface area (Å²) in [5.41, 5.74) is 16.2. The van der Waals surface area contributed by atoms with E-state index in [1.807, 2.05) is 0 Å². The number of nitrogens with two attached hydrogens (primary N) is 3. The Morgan fingerprint density at radius 3 is 2.65 bits per heavy atom. The molecule has 0 radical (unpaired) electrons. The maximum atomic E-state index is 11.4. The molecule has 2 amide bonds. The van der Waals surface area contributed by atoms with Crippen LogP contribution in [-0.2, 0) is 6.42 Å². The van der Waals surface area contributed by atoms with Gasteiger partial charge in [-0.15, -0.1) is 11.3 Å². The van der Waals surface area contributed by atoms with Crippen LogP contribution in [0.2, 0.25) is 0 Å². The molecule has 0 bridgehead atoms. The summed E-state index contributed by atoms with van der Waals surface area (Å²) in [6.07, 6.45) is 1.74. The normalized spacial score (nSPS) is 10.4. The van der Waals surface area contributed by atoms with E-state index in [-0.39, 0.29) is 16.1 Å². The quantitative estimate of drug-likeness (QED) is 0.561. The van der Waals surface area contributed by atoms with Crippen molar-refractivity contribution >= 4 is 33.8 Å². The van der Waals surface area contributed by atoms with E-state index >= 15 is 0 Å². The van der Waals surface area contributed by atoms with Gasteiger partial charge in [-0.05, 0) is 0 Å². The van der Waals surface area contributed by atoms with E-state index in [9.17, 15) is 9.59 Å². The first kappa shape index (κ1) is 13.8. The first-order valence-electron chi connectivity index (χ1n) is 5.52. The topological polar surface area (TPSA) is 163 Å². The average molecular weight is 296 g/mol. The number of amides is 2. The van der Waals surface area contributed by atoms with Gasteiger partial charge >= 0.3 is 0 Å². The minimum Gasteiger partial charge on any atom is -0.397 e. The van der Waals surface area contributed by atoms with Crippen LogP contribution < -0.4 is 22.5 Å². The van der Waals surface area contributed by atoms with Crippen LogP contribution in [0.4, 0.5) is 10.7 Å². The third-order valence-electron chi connectivity index (χ3n) is 2.45. The fourth-order valence-electron chi connectivity index (χ4n) is 1.59. The second kappa shape index (κ2) is 5.57. The van der Waals surface area contributed by atoms with Gasteiger partial charge in [0, 0.05) is 13.0 Å². The zero-order chi connectivity index (χ0) is 14.7. The molecule has 0 aliphatic heterocycles. The monoisotopic (exact) mass is 296 g/mol. The van der Waals surface area contributed by atoms with Gasteiger partial charge in [-0.25, -0.2) is 0 Å². The molecule has 2 rings (SSSR count). The largest absolute Gasteiger partial charge is 0.397 e. The van der Waals surface area contributed by atoms with Gasteiger partial charge in [-0.3, -0.25) is 9.59 Å². The van der Waals surface area contributed by atoms with Gasteiger partial charge in [0.15, 0.2) is 6.33 Å². The van der Waals surface area contributed by atoms with Crippen LogP contribution in [-0.4, -0.2) is 28.5 Å². The molecule has 0 fully saturated rings. The summed E-state index contributed by atoms with van der Waals surface area (Å²) in [6.45, 7) is 0.403. The molecular formula is C10H12N6O3S. The second-order valence-corrected chi connectivity index (χ2v) is 4.81. The van der Waals surface area contributed by atoms with Gasteiger partial charge in [0.05, 0.1) is 11.3 Å². The fraction of sp³-hybridized carbons (Fsp3) is 0.200. The molecule has 2 aromatic rings. The molecule has 9 nitrogen and oxygen atoms in total. The van der Waals surface area contributed by atoms with Crippen molar-refractivity contribution in [3.05, 3.63) is 22.7 Å². The number of hydrogen-bond acceptors (Lipinski definition) is 8. The van der Waals surface area contributed by atoms with Crippen LogP contribution in [0.25, 0.3) is 0 Å². The van der Waals surface area contributed by atoms with Gasteiger partial charge in [0.25, 0.3) is 11.8 Å². The van der Waals surface area contributed by atoms with E-state index in [1.165, 1.54) is 6.33 Å². The van der Waals surface area contributed by atoms with E-state index in [4.69, 9.17) is 21.7 Å². The van der Waals surface area contributed by atoms with Crippen molar-refractivity contribution in [3.63, 3.8) is 0 Å². The molecule has 10 heteroatoms. The zero-order valence-electron chi connectivity index (χ0n) is 10.3. The molecular weight excluding hydrogens is 284 g/mol. The highest BCUT2D eigenvalue weighted by molar-refractivity contribution is 7.19. The van der Waals surface area contributed by atoms with E-state index < -0.39 is 11.8 Å². The number of thiophene rings is 1. The Labute approximate surface area is 117 Å². The predicted molar refractivity (Wildman–Crippen MR) is 72.3 cm³/mol. The Balaban J connectivity index is 2.16. The van der Waals surface area contributed by atoms with E-state index in [1.54, 1.807) is 0 Å². The van der Waals surface area contributed by atoms with Crippen LogP contribution in [0.1, 0.15) is 25.9 Å². The summed E-state index contributed by atoms with van der Waals surface area (Å²) < 4.78 is 4.83. The molecule has 0 saturated heterocycles. The summed E-state index contributed by atoms with van der Waals surface area (Å²) in [5, 5.41) is 6.81. The lowest BCUT2D eigenvalue weighted by Gasteiger charge is -2.03. The van der Waals surface area contributed by atoms with Crippen molar-refractivity contribution in [1.82, 2.24) is 10.1 Å². The maximum Gasteiger partial charge on any atom is 0.260 e. The first-order valence-corrected chi connectivity index (χ1v) is 6.33. The van der Waals surface area contributed by atoms with Gasteiger partial charge in [0.1, 0.15) is 9.88 Å². The molecule has 0 aliphatic rings. The summed E-state index contributed by atoms with van der Waals surface area (Å²) >= 11 is 0.982. The fourth-order valence-corrected chi connectivity index (χ4v) is 2.59. The lowest BCUT2D eigenvalue weighted by atomic mass is 10.2. The zero-order valence-corrected chi connectivity index (χ0v) is 11.1. The number of nitrogen functional groups attached to an aromatic ring is 1. The lowest BCUT2D eigenvalue weighted by molar-refractivity contribution is 0.0999. The van der Waals surface area contributed by atoms with Crippen molar-refractivity contribution in [2.24, 2.45) is 11.5 Å². The Morgan fingerprint density at radius 2 is 2.10 bits per heavy atom. The van der Waals surface area contributed by atoms with Gasteiger partial charge in [-0.1, -0.05) is 5.16 Å². The maximum absolute atomic E-state index is 11.4. The van der Waals surface area contributed by atoms with Gasteiger partial charge < -0.3 is 27.0 Å².